The molecule has 0 aliphatic heterocycles. The number of carbonyl (C=O) groups excluding carboxylic acids is 2. The third-order valence-electron chi connectivity index (χ3n) is 4.59. The molecule has 0 aliphatic carbocycles. The summed E-state index contributed by atoms with van der Waals surface area (Å²) in [7, 11) is 0. The van der Waals surface area contributed by atoms with Crippen molar-refractivity contribution in [3.8, 4) is 0 Å². The number of hydrogen-bond donors (Lipinski definition) is 3. The van der Waals surface area contributed by atoms with Crippen LogP contribution < -0.4 is 16.4 Å². The van der Waals surface area contributed by atoms with Crippen molar-refractivity contribution >= 4 is 63.0 Å². The molecule has 0 radical (unpaired) electrons. The van der Waals surface area contributed by atoms with Gasteiger partial charge < -0.3 is 20.8 Å². The molecule has 0 aliphatic rings. The van der Waals surface area contributed by atoms with Crippen LogP contribution in [0.25, 0.3) is 11.0 Å². The first kappa shape index (κ1) is 20.8. The standard InChI is InChI=1S/C23H17Cl2N3O3/c24-17-11-16(12-18(25)22(17)26)27-21(29)9-13-5-7-15(8-6-13)28-23(30)20-10-14-3-1-2-4-19(14)31-20/h1-8,10-12H,9,26H2,(H,27,29)(H,28,30). The zero-order valence-electron chi connectivity index (χ0n) is 16.1. The maximum Gasteiger partial charge on any atom is 0.291 e. The molecule has 4 N–H and O–H groups in total. The molecule has 8 heteroatoms. The Kier molecular flexibility index (Phi) is 5.84. The van der Waals surface area contributed by atoms with E-state index in [1.165, 1.54) is 12.1 Å². The topological polar surface area (TPSA) is 97.4 Å². The van der Waals surface area contributed by atoms with Crippen molar-refractivity contribution in [3.63, 3.8) is 0 Å². The van der Waals surface area contributed by atoms with E-state index >= 15 is 0 Å². The minimum absolute atomic E-state index is 0.136. The smallest absolute Gasteiger partial charge is 0.291 e. The van der Waals surface area contributed by atoms with Crippen molar-refractivity contribution in [3.05, 3.63) is 88.1 Å². The fourth-order valence-corrected chi connectivity index (χ4v) is 3.53. The van der Waals surface area contributed by atoms with E-state index in [-0.39, 0.29) is 39.7 Å². The van der Waals surface area contributed by atoms with E-state index in [0.717, 1.165) is 10.9 Å². The molecule has 4 aromatic rings. The van der Waals surface area contributed by atoms with Crippen LogP contribution in [0.2, 0.25) is 10.0 Å². The first-order valence-electron chi connectivity index (χ1n) is 9.32. The summed E-state index contributed by atoms with van der Waals surface area (Å²) in [6.45, 7) is 0. The third-order valence-corrected chi connectivity index (χ3v) is 5.21. The highest BCUT2D eigenvalue weighted by molar-refractivity contribution is 6.39. The Morgan fingerprint density at radius 3 is 2.23 bits per heavy atom. The van der Waals surface area contributed by atoms with Gasteiger partial charge >= 0.3 is 0 Å². The van der Waals surface area contributed by atoms with Crippen molar-refractivity contribution in [2.75, 3.05) is 16.4 Å². The van der Waals surface area contributed by atoms with Crippen LogP contribution in [0.1, 0.15) is 16.1 Å². The number of benzene rings is 3. The summed E-state index contributed by atoms with van der Waals surface area (Å²) in [5, 5.41) is 6.92. The van der Waals surface area contributed by atoms with Gasteiger partial charge in [-0.15, -0.1) is 0 Å². The summed E-state index contributed by atoms with van der Waals surface area (Å²) in [6, 6.07) is 19.1. The third kappa shape index (κ3) is 4.82. The summed E-state index contributed by atoms with van der Waals surface area (Å²) in [5.74, 6) is -0.361. The lowest BCUT2D eigenvalue weighted by Crippen LogP contribution is -2.15. The summed E-state index contributed by atoms with van der Waals surface area (Å²) in [4.78, 5) is 24.7. The van der Waals surface area contributed by atoms with Crippen LogP contribution in [0, 0.1) is 0 Å². The minimum atomic E-state index is -0.348. The molecule has 6 nitrogen and oxygen atoms in total. The Labute approximate surface area is 187 Å². The Balaban J connectivity index is 1.37. The number of para-hydroxylation sites is 1. The van der Waals surface area contributed by atoms with Crippen molar-refractivity contribution in [2.24, 2.45) is 0 Å². The largest absolute Gasteiger partial charge is 0.451 e. The highest BCUT2D eigenvalue weighted by Crippen LogP contribution is 2.31. The molecular formula is C23H17Cl2N3O3. The highest BCUT2D eigenvalue weighted by Gasteiger charge is 2.13. The number of rotatable bonds is 5. The zero-order chi connectivity index (χ0) is 22.0. The van der Waals surface area contributed by atoms with Gasteiger partial charge in [0.2, 0.25) is 5.91 Å². The molecule has 4 rings (SSSR count). The molecule has 2 amide bonds. The van der Waals surface area contributed by atoms with Gasteiger partial charge in [-0.05, 0) is 42.0 Å². The first-order valence-corrected chi connectivity index (χ1v) is 10.1. The molecule has 0 unspecified atom stereocenters. The number of anilines is 3. The van der Waals surface area contributed by atoms with Crippen LogP contribution in [0.4, 0.5) is 17.1 Å². The molecule has 0 fully saturated rings. The summed E-state index contributed by atoms with van der Waals surface area (Å²) in [5.41, 5.74) is 8.44. The normalized spacial score (nSPS) is 10.8. The van der Waals surface area contributed by atoms with E-state index in [0.29, 0.717) is 17.0 Å². The van der Waals surface area contributed by atoms with E-state index in [9.17, 15) is 9.59 Å². The summed E-state index contributed by atoms with van der Waals surface area (Å²) in [6.07, 6.45) is 0.136. The molecular weight excluding hydrogens is 437 g/mol. The lowest BCUT2D eigenvalue weighted by Gasteiger charge is -2.09. The number of halogens is 2. The molecule has 0 saturated carbocycles. The number of nitrogens with one attached hydrogen (secondary N) is 2. The number of hydrogen-bond acceptors (Lipinski definition) is 4. The minimum Gasteiger partial charge on any atom is -0.451 e. The zero-order valence-corrected chi connectivity index (χ0v) is 17.6. The van der Waals surface area contributed by atoms with Crippen LogP contribution in [0.3, 0.4) is 0 Å². The van der Waals surface area contributed by atoms with Gasteiger partial charge in [-0.2, -0.15) is 0 Å². The van der Waals surface area contributed by atoms with Gasteiger partial charge in [0.25, 0.3) is 5.91 Å². The Hall–Kier alpha value is -3.48. The number of fused-ring (bicyclic) bond motifs is 1. The van der Waals surface area contributed by atoms with E-state index in [2.05, 4.69) is 10.6 Å². The van der Waals surface area contributed by atoms with Crippen molar-refractivity contribution in [1.29, 1.82) is 0 Å². The SMILES string of the molecule is Nc1c(Cl)cc(NC(=O)Cc2ccc(NC(=O)c3cc4ccccc4o3)cc2)cc1Cl. The second-order valence-corrected chi connectivity index (χ2v) is 7.69. The molecule has 156 valence electrons. The van der Waals surface area contributed by atoms with Crippen LogP contribution in [0.15, 0.2) is 71.1 Å². The first-order chi connectivity index (χ1) is 14.9. The molecule has 0 bridgehead atoms. The van der Waals surface area contributed by atoms with Gasteiger partial charge in [-0.3, -0.25) is 9.59 Å². The van der Waals surface area contributed by atoms with Crippen LogP contribution in [-0.4, -0.2) is 11.8 Å². The maximum absolute atomic E-state index is 12.4. The number of carbonyl (C=O) groups is 2. The van der Waals surface area contributed by atoms with Crippen LogP contribution in [-0.2, 0) is 11.2 Å². The number of amides is 2. The number of nitrogens with two attached hydrogens (primary N) is 1. The Bertz CT molecular complexity index is 1230. The average Bonchev–Trinajstić information content (AvgIpc) is 3.18. The van der Waals surface area contributed by atoms with Crippen LogP contribution in [0.5, 0.6) is 0 Å². The molecule has 31 heavy (non-hydrogen) atoms. The molecule has 0 saturated heterocycles. The van der Waals surface area contributed by atoms with Crippen molar-refractivity contribution in [2.45, 2.75) is 6.42 Å². The van der Waals surface area contributed by atoms with E-state index in [4.69, 9.17) is 33.4 Å². The van der Waals surface area contributed by atoms with Gasteiger partial charge in [0.05, 0.1) is 22.2 Å². The summed E-state index contributed by atoms with van der Waals surface area (Å²) < 4.78 is 5.57. The van der Waals surface area contributed by atoms with E-state index in [1.54, 1.807) is 36.4 Å². The van der Waals surface area contributed by atoms with E-state index < -0.39 is 0 Å². The molecule has 0 atom stereocenters. The molecule has 1 heterocycles. The fourth-order valence-electron chi connectivity index (χ4n) is 3.04. The average molecular weight is 454 g/mol. The monoisotopic (exact) mass is 453 g/mol. The molecule has 0 spiro atoms. The quantitative estimate of drug-likeness (QED) is 0.334. The van der Waals surface area contributed by atoms with Crippen LogP contribution >= 0.6 is 23.2 Å². The summed E-state index contributed by atoms with van der Waals surface area (Å²) >= 11 is 12.0. The second kappa shape index (κ2) is 8.71. The van der Waals surface area contributed by atoms with Crippen molar-refractivity contribution in [1.82, 2.24) is 0 Å². The predicted molar refractivity (Wildman–Crippen MR) is 124 cm³/mol. The fraction of sp³-hybridized carbons (Fsp3) is 0.0435. The maximum atomic E-state index is 12.4. The van der Waals surface area contributed by atoms with Crippen molar-refractivity contribution < 1.29 is 14.0 Å². The predicted octanol–water partition coefficient (Wildman–Crippen LogP) is 5.76. The number of nitrogen functional groups attached to an aromatic ring is 1. The van der Waals surface area contributed by atoms with Gasteiger partial charge in [-0.25, -0.2) is 0 Å². The van der Waals surface area contributed by atoms with E-state index in [1.807, 2.05) is 18.2 Å². The Morgan fingerprint density at radius 1 is 0.871 bits per heavy atom. The lowest BCUT2D eigenvalue weighted by molar-refractivity contribution is -0.115. The Morgan fingerprint density at radius 2 is 1.55 bits per heavy atom. The molecule has 1 aromatic heterocycles. The number of furan rings is 1. The van der Waals surface area contributed by atoms with Gasteiger partial charge in [-0.1, -0.05) is 53.5 Å². The lowest BCUT2D eigenvalue weighted by atomic mass is 10.1. The van der Waals surface area contributed by atoms with Gasteiger partial charge in [0.15, 0.2) is 5.76 Å². The van der Waals surface area contributed by atoms with Gasteiger partial charge in [0.1, 0.15) is 5.58 Å². The van der Waals surface area contributed by atoms with Gasteiger partial charge in [0, 0.05) is 16.8 Å². The second-order valence-electron chi connectivity index (χ2n) is 6.88. The highest BCUT2D eigenvalue weighted by atomic mass is 35.5. The molecule has 3 aromatic carbocycles.